The molecule has 16 rings (SSSR count). The van der Waals surface area contributed by atoms with Crippen LogP contribution in [0.3, 0.4) is 0 Å². The molecule has 13 fully saturated rings. The van der Waals surface area contributed by atoms with E-state index in [0.29, 0.717) is 55.2 Å². The Morgan fingerprint density at radius 1 is 1.00 bits per heavy atom. The van der Waals surface area contributed by atoms with Crippen LogP contribution in [0.25, 0.3) is 0 Å². The summed E-state index contributed by atoms with van der Waals surface area (Å²) in [6, 6.07) is 2.40. The molecule has 8 heterocycles. The van der Waals surface area contributed by atoms with E-state index < -0.39 is 80.2 Å². The summed E-state index contributed by atoms with van der Waals surface area (Å²) in [6.45, 7) is 7.89. The van der Waals surface area contributed by atoms with Gasteiger partial charge >= 0.3 is 11.9 Å². The minimum absolute atomic E-state index is 0.0533. The van der Waals surface area contributed by atoms with Crippen molar-refractivity contribution in [3.63, 3.8) is 0 Å². The highest BCUT2D eigenvalue weighted by atomic mass is 16.7. The number of rotatable bonds is 6. The number of carbonyl (C=O) groups is 3. The molecule has 5 saturated heterocycles. The second-order valence-electron chi connectivity index (χ2n) is 26.7. The number of nitrogens with one attached hydrogen (secondary N) is 1. The maximum Gasteiger partial charge on any atom is 0.339 e. The van der Waals surface area contributed by atoms with Gasteiger partial charge in [-0.05, 0) is 166 Å². The van der Waals surface area contributed by atoms with Crippen molar-refractivity contribution in [3.8, 4) is 0 Å². The molecule has 5 bridgehead atoms. The van der Waals surface area contributed by atoms with Crippen molar-refractivity contribution in [2.45, 2.75) is 164 Å². The van der Waals surface area contributed by atoms with Crippen LogP contribution in [0.5, 0.6) is 0 Å². The number of fused-ring (bicyclic) bond motifs is 5. The fraction of sp³-hybridized carbons (Fsp3) is 0.804. The third-order valence-electron chi connectivity index (χ3n) is 25.6. The molecule has 0 radical (unpaired) electrons. The van der Waals surface area contributed by atoms with E-state index in [1.54, 1.807) is 6.26 Å². The zero-order chi connectivity index (χ0) is 46.8. The summed E-state index contributed by atoms with van der Waals surface area (Å²) in [7, 11) is 0. The molecule has 7 aliphatic heterocycles. The van der Waals surface area contributed by atoms with Gasteiger partial charge in [-0.15, -0.1) is 0 Å². The molecule has 0 amide bonds. The first-order chi connectivity index (χ1) is 33.2. The molecule has 4 N–H and O–H groups in total. The second kappa shape index (κ2) is 12.8. The Labute approximate surface area is 403 Å². The minimum atomic E-state index is -1.47. The lowest BCUT2D eigenvalue weighted by Crippen LogP contribution is -2.83. The van der Waals surface area contributed by atoms with Crippen LogP contribution in [-0.2, 0) is 39.8 Å². The van der Waals surface area contributed by atoms with Crippen molar-refractivity contribution >= 4 is 17.7 Å². The van der Waals surface area contributed by atoms with E-state index in [0.717, 1.165) is 83.0 Å². The molecule has 8 saturated carbocycles. The van der Waals surface area contributed by atoms with E-state index in [9.17, 15) is 20.1 Å². The number of hydrogen-bond donors (Lipinski definition) is 4. The number of epoxide rings is 1. The number of hydrogen-bond acceptors (Lipinski definition) is 13. The normalized spacial score (nSPS) is 57.7. The highest BCUT2D eigenvalue weighted by Gasteiger charge is 3.00. The van der Waals surface area contributed by atoms with Crippen molar-refractivity contribution in [2.75, 3.05) is 26.4 Å². The molecule has 15 aliphatic rings. The summed E-state index contributed by atoms with van der Waals surface area (Å²) in [5.74, 6) is 0.0630. The lowest BCUT2D eigenvalue weighted by Gasteiger charge is -2.74. The number of Topliss-reactive ketones (excluding diaryl/α,β-unsaturated/α-hetero) is 1. The molecule has 370 valence electrons. The Balaban J connectivity index is 0.862. The number of allylic oxidation sites excluding steroid dienone is 1. The van der Waals surface area contributed by atoms with Crippen LogP contribution >= 0.6 is 0 Å². The van der Waals surface area contributed by atoms with Crippen LogP contribution in [-0.4, -0.2) is 106 Å². The predicted octanol–water partition coefficient (Wildman–Crippen LogP) is 5.70. The van der Waals surface area contributed by atoms with Crippen LogP contribution in [0, 0.1) is 85.8 Å². The molecular weight excluding hydrogens is 877 g/mol. The molecule has 0 unspecified atom stereocenters. The summed E-state index contributed by atoms with van der Waals surface area (Å²) in [4.78, 5) is 49.1. The van der Waals surface area contributed by atoms with Gasteiger partial charge in [0.25, 0.3) is 0 Å². The predicted molar refractivity (Wildman–Crippen MR) is 244 cm³/mol. The quantitative estimate of drug-likeness (QED) is 0.155. The van der Waals surface area contributed by atoms with Gasteiger partial charge in [0.2, 0.25) is 0 Å². The van der Waals surface area contributed by atoms with Gasteiger partial charge < -0.3 is 43.6 Å². The smallest absolute Gasteiger partial charge is 0.339 e. The first-order valence-electron chi connectivity index (χ1n) is 27.3. The molecule has 13 heteroatoms. The lowest BCUT2D eigenvalue weighted by atomic mass is 9.29. The van der Waals surface area contributed by atoms with E-state index in [1.807, 2.05) is 6.07 Å². The second-order valence-corrected chi connectivity index (χ2v) is 26.7. The number of ether oxygens (including phenoxy) is 4. The van der Waals surface area contributed by atoms with Gasteiger partial charge in [-0.3, -0.25) is 14.9 Å². The molecule has 13 nitrogen and oxygen atoms in total. The van der Waals surface area contributed by atoms with Gasteiger partial charge in [0.05, 0.1) is 42.6 Å². The van der Waals surface area contributed by atoms with Gasteiger partial charge in [-0.1, -0.05) is 32.4 Å². The summed E-state index contributed by atoms with van der Waals surface area (Å²) in [6.07, 6.45) is 17.6. The fourth-order valence-electron chi connectivity index (χ4n) is 24.1. The first-order valence-corrected chi connectivity index (χ1v) is 27.3. The molecule has 6 spiro atoms. The Bertz CT molecular complexity index is 2590. The summed E-state index contributed by atoms with van der Waals surface area (Å²) in [5.41, 5.74) is -6.10. The highest BCUT2D eigenvalue weighted by molar-refractivity contribution is 5.94. The standard InChI is InChI=1S/C56H70N2O11/c1-48-22-30-23-54-32-9-15-51(54)13-4-5-31(51)10-16-53(54)47(64)66-26-52-41(30)50(3,43(62)40(61)42(52)49(2)14-8-33(20-32)55(52,53)69-49)56(48)45(68-56)46(63)67-44(48)35-12-18-65-39(35)21-36(38(60)25-59)28-6-7-34-29(19-28)11-17-58-27-57-24-37(34)58/h8,11-12,17-18,28-32,34,36-38,41-45,57,59-60,62H,4-7,9-10,13-16,19-27H2,1-3H3/t28-,29+,30-,31-,32+,34-,36-,37-,38+,41-,42+,43+,44-,45+,48-,49-,50-,51-,52+,53-,54-,55+,56+/m0/s1. The van der Waals surface area contributed by atoms with E-state index in [1.165, 1.54) is 12.0 Å². The van der Waals surface area contributed by atoms with Crippen LogP contribution in [0.1, 0.15) is 128 Å². The maximum absolute atomic E-state index is 16.0. The molecule has 69 heavy (non-hydrogen) atoms. The van der Waals surface area contributed by atoms with Gasteiger partial charge in [-0.25, -0.2) is 4.79 Å². The van der Waals surface area contributed by atoms with Crippen molar-refractivity contribution in [2.24, 2.45) is 85.8 Å². The van der Waals surface area contributed by atoms with Gasteiger partial charge in [-0.2, -0.15) is 0 Å². The van der Waals surface area contributed by atoms with Gasteiger partial charge in [0, 0.05) is 35.4 Å². The zero-order valence-electron chi connectivity index (χ0n) is 40.5. The number of furan rings is 1. The average molecular weight is 947 g/mol. The van der Waals surface area contributed by atoms with Crippen LogP contribution in [0.4, 0.5) is 0 Å². The molecule has 1 aromatic heterocycles. The number of carbonyl (C=O) groups excluding carboxylic acids is 3. The molecular formula is C56H70N2O11. The number of cyclic esters (lactones) is 2. The number of aliphatic hydroxyl groups is 3. The van der Waals surface area contributed by atoms with Crippen molar-refractivity contribution < 1.29 is 53.1 Å². The number of esters is 2. The fourth-order valence-corrected chi connectivity index (χ4v) is 24.1. The summed E-state index contributed by atoms with van der Waals surface area (Å²) >= 11 is 0. The van der Waals surface area contributed by atoms with Crippen molar-refractivity contribution in [3.05, 3.63) is 47.6 Å². The molecule has 23 atom stereocenters. The average Bonchev–Trinajstić information content (AvgIpc) is 3.80. The molecule has 8 aliphatic carbocycles. The SMILES string of the molecule is C[C@]12[C@H](O)C(=O)[C@H]3[C@]45COC(=O)[C@]67CC[C@@H]8CCC[C@]89CC[C@H](CC8=CC[C@]3(C)O[C@]846)[C@@]97C[C@H](C[C@@]3(C)[C@H](c4ccoc4C[C@@H]([C@H]4CC[C@H]6[C@H](C=CN7CNC[C@@H]67)C4)[C@H](O)CO)OC(=O)[C@H]4O[C@@]413)[C@@H]25. The topological polar surface area (TPSA) is 181 Å². The van der Waals surface area contributed by atoms with Crippen LogP contribution in [0.15, 0.2) is 40.7 Å². The van der Waals surface area contributed by atoms with E-state index in [-0.39, 0.29) is 60.0 Å². The number of ketones is 1. The van der Waals surface area contributed by atoms with E-state index in [2.05, 4.69) is 49.3 Å². The van der Waals surface area contributed by atoms with Crippen molar-refractivity contribution in [1.29, 1.82) is 0 Å². The summed E-state index contributed by atoms with van der Waals surface area (Å²) < 4.78 is 35.2. The Morgan fingerprint density at radius 3 is 2.71 bits per heavy atom. The van der Waals surface area contributed by atoms with Gasteiger partial charge in [0.15, 0.2) is 11.9 Å². The van der Waals surface area contributed by atoms with Crippen LogP contribution < -0.4 is 5.32 Å². The Hall–Kier alpha value is -3.07. The third kappa shape index (κ3) is 4.08. The van der Waals surface area contributed by atoms with Gasteiger partial charge in [0.1, 0.15) is 41.2 Å². The Kier molecular flexibility index (Phi) is 7.88. The Morgan fingerprint density at radius 2 is 1.86 bits per heavy atom. The zero-order valence-corrected chi connectivity index (χ0v) is 40.5. The summed E-state index contributed by atoms with van der Waals surface area (Å²) in [5, 5.41) is 39.3. The highest BCUT2D eigenvalue weighted by Crippen LogP contribution is 2.94. The lowest BCUT2D eigenvalue weighted by molar-refractivity contribution is -0.317. The third-order valence-corrected chi connectivity index (χ3v) is 25.6. The number of nitrogens with zero attached hydrogens (tertiary/aromatic N) is 1. The number of aliphatic hydroxyl groups excluding tert-OH is 3. The first kappa shape index (κ1) is 42.4. The monoisotopic (exact) mass is 946 g/mol. The van der Waals surface area contributed by atoms with E-state index in [4.69, 9.17) is 23.4 Å². The van der Waals surface area contributed by atoms with E-state index >= 15 is 9.59 Å². The maximum atomic E-state index is 16.0. The molecule has 1 aromatic rings. The molecule has 0 aromatic carbocycles. The largest absolute Gasteiger partial charge is 0.469 e. The van der Waals surface area contributed by atoms with Crippen LogP contribution in [0.2, 0.25) is 0 Å². The minimum Gasteiger partial charge on any atom is -0.469 e. The van der Waals surface area contributed by atoms with Crippen molar-refractivity contribution in [1.82, 2.24) is 10.2 Å².